The summed E-state index contributed by atoms with van der Waals surface area (Å²) in [5.74, 6) is 0.759. The lowest BCUT2D eigenvalue weighted by Crippen LogP contribution is -2.50. The van der Waals surface area contributed by atoms with Crippen LogP contribution < -0.4 is 5.73 Å². The Balaban J connectivity index is 2.84. The molecule has 3 unspecified atom stereocenters. The molecular formula is C14H29NO. The quantitative estimate of drug-likeness (QED) is 0.778. The summed E-state index contributed by atoms with van der Waals surface area (Å²) in [5.41, 5.74) is 5.90. The fraction of sp³-hybridized carbons (Fsp3) is 1.00. The van der Waals surface area contributed by atoms with E-state index in [-0.39, 0.29) is 16.9 Å². The largest absolute Gasteiger partial charge is 0.392 e. The van der Waals surface area contributed by atoms with Crippen molar-refractivity contribution in [2.45, 2.75) is 65.9 Å². The molecule has 0 aromatic carbocycles. The fourth-order valence-electron chi connectivity index (χ4n) is 3.33. The zero-order valence-corrected chi connectivity index (χ0v) is 11.4. The molecule has 1 aliphatic rings. The molecule has 1 fully saturated rings. The van der Waals surface area contributed by atoms with Crippen LogP contribution in [-0.4, -0.2) is 17.8 Å². The lowest BCUT2D eigenvalue weighted by atomic mass is 9.61. The highest BCUT2D eigenvalue weighted by atomic mass is 16.3. The lowest BCUT2D eigenvalue weighted by Gasteiger charge is -2.48. The number of aliphatic hydroxyl groups excluding tert-OH is 1. The molecule has 1 saturated carbocycles. The highest BCUT2D eigenvalue weighted by Gasteiger charge is 2.45. The standard InChI is InChI=1S/C14H29NO/c1-5-11-7-6-8-14(9-11,10-15)12(16)13(2,3)4/h11-12,16H,5-10,15H2,1-4H3. The van der Waals surface area contributed by atoms with Gasteiger partial charge in [0.25, 0.3) is 0 Å². The van der Waals surface area contributed by atoms with Gasteiger partial charge >= 0.3 is 0 Å². The number of hydrogen-bond acceptors (Lipinski definition) is 2. The van der Waals surface area contributed by atoms with Crippen LogP contribution in [0.3, 0.4) is 0 Å². The molecular weight excluding hydrogens is 198 g/mol. The van der Waals surface area contributed by atoms with Gasteiger partial charge in [0.05, 0.1) is 6.10 Å². The third kappa shape index (κ3) is 2.78. The third-order valence-electron chi connectivity index (χ3n) is 4.37. The molecule has 0 spiro atoms. The number of aliphatic hydroxyl groups is 1. The minimum atomic E-state index is -0.278. The zero-order valence-electron chi connectivity index (χ0n) is 11.4. The van der Waals surface area contributed by atoms with Crippen LogP contribution in [0.2, 0.25) is 0 Å². The molecule has 96 valence electrons. The van der Waals surface area contributed by atoms with Crippen LogP contribution in [0, 0.1) is 16.7 Å². The van der Waals surface area contributed by atoms with Gasteiger partial charge in [0.15, 0.2) is 0 Å². The summed E-state index contributed by atoms with van der Waals surface area (Å²) in [6, 6.07) is 0. The van der Waals surface area contributed by atoms with Crippen LogP contribution in [0.25, 0.3) is 0 Å². The topological polar surface area (TPSA) is 46.2 Å². The SMILES string of the molecule is CCC1CCCC(CN)(C(O)C(C)(C)C)C1. The number of rotatable bonds is 3. The van der Waals surface area contributed by atoms with Crippen molar-refractivity contribution in [1.29, 1.82) is 0 Å². The predicted octanol–water partition coefficient (Wildman–Crippen LogP) is 2.94. The van der Waals surface area contributed by atoms with Gasteiger partial charge in [0.2, 0.25) is 0 Å². The van der Waals surface area contributed by atoms with Gasteiger partial charge < -0.3 is 10.8 Å². The van der Waals surface area contributed by atoms with Gasteiger partial charge in [0, 0.05) is 12.0 Å². The predicted molar refractivity (Wildman–Crippen MR) is 69.2 cm³/mol. The van der Waals surface area contributed by atoms with Gasteiger partial charge in [-0.2, -0.15) is 0 Å². The Morgan fingerprint density at radius 1 is 1.44 bits per heavy atom. The van der Waals surface area contributed by atoms with Gasteiger partial charge in [-0.05, 0) is 24.2 Å². The molecule has 3 atom stereocenters. The van der Waals surface area contributed by atoms with Crippen LogP contribution in [0.15, 0.2) is 0 Å². The van der Waals surface area contributed by atoms with E-state index in [4.69, 9.17) is 5.73 Å². The summed E-state index contributed by atoms with van der Waals surface area (Å²) in [6.45, 7) is 9.22. The molecule has 3 N–H and O–H groups in total. The first-order valence-electron chi connectivity index (χ1n) is 6.74. The maximum atomic E-state index is 10.6. The average molecular weight is 227 g/mol. The van der Waals surface area contributed by atoms with E-state index in [1.165, 1.54) is 19.3 Å². The van der Waals surface area contributed by atoms with Crippen LogP contribution in [0.1, 0.15) is 59.8 Å². The number of nitrogens with two attached hydrogens (primary N) is 1. The van der Waals surface area contributed by atoms with Crippen molar-refractivity contribution in [2.75, 3.05) is 6.54 Å². The van der Waals surface area contributed by atoms with Crippen LogP contribution >= 0.6 is 0 Å². The van der Waals surface area contributed by atoms with Crippen LogP contribution in [0.4, 0.5) is 0 Å². The van der Waals surface area contributed by atoms with Gasteiger partial charge in [-0.15, -0.1) is 0 Å². The van der Waals surface area contributed by atoms with E-state index >= 15 is 0 Å². The minimum Gasteiger partial charge on any atom is -0.392 e. The van der Waals surface area contributed by atoms with E-state index in [0.29, 0.717) is 6.54 Å². The smallest absolute Gasteiger partial charge is 0.0656 e. The second-order valence-electron chi connectivity index (χ2n) is 6.71. The first-order chi connectivity index (χ1) is 7.35. The van der Waals surface area contributed by atoms with Gasteiger partial charge in [0.1, 0.15) is 0 Å². The molecule has 1 rings (SSSR count). The second-order valence-corrected chi connectivity index (χ2v) is 6.71. The van der Waals surface area contributed by atoms with E-state index in [1.54, 1.807) is 0 Å². The van der Waals surface area contributed by atoms with E-state index < -0.39 is 0 Å². The molecule has 0 saturated heterocycles. The van der Waals surface area contributed by atoms with Gasteiger partial charge in [-0.25, -0.2) is 0 Å². The molecule has 0 heterocycles. The Morgan fingerprint density at radius 2 is 2.06 bits per heavy atom. The molecule has 0 aliphatic heterocycles. The third-order valence-corrected chi connectivity index (χ3v) is 4.37. The van der Waals surface area contributed by atoms with Crippen molar-refractivity contribution in [3.05, 3.63) is 0 Å². The Bertz CT molecular complexity index is 221. The number of hydrogen-bond donors (Lipinski definition) is 2. The highest BCUT2D eigenvalue weighted by Crippen LogP contribution is 2.46. The average Bonchev–Trinajstić information content (AvgIpc) is 2.26. The Kier molecular flexibility index (Phi) is 4.42. The van der Waals surface area contributed by atoms with E-state index in [1.807, 2.05) is 0 Å². The van der Waals surface area contributed by atoms with Crippen molar-refractivity contribution in [3.8, 4) is 0 Å². The van der Waals surface area contributed by atoms with Gasteiger partial charge in [-0.1, -0.05) is 47.0 Å². The van der Waals surface area contributed by atoms with Gasteiger partial charge in [-0.3, -0.25) is 0 Å². The van der Waals surface area contributed by atoms with Crippen molar-refractivity contribution in [1.82, 2.24) is 0 Å². The Labute approximate surface area is 101 Å². The molecule has 16 heavy (non-hydrogen) atoms. The summed E-state index contributed by atoms with van der Waals surface area (Å²) in [4.78, 5) is 0. The van der Waals surface area contributed by atoms with E-state index in [0.717, 1.165) is 18.8 Å². The summed E-state index contributed by atoms with van der Waals surface area (Å²) >= 11 is 0. The molecule has 0 aromatic rings. The molecule has 0 amide bonds. The first-order valence-corrected chi connectivity index (χ1v) is 6.74. The summed E-state index contributed by atoms with van der Waals surface area (Å²) in [6.07, 6.45) is 5.69. The monoisotopic (exact) mass is 227 g/mol. The van der Waals surface area contributed by atoms with E-state index in [9.17, 15) is 5.11 Å². The molecule has 1 aliphatic carbocycles. The van der Waals surface area contributed by atoms with E-state index in [2.05, 4.69) is 27.7 Å². The Morgan fingerprint density at radius 3 is 2.50 bits per heavy atom. The van der Waals surface area contributed by atoms with Crippen molar-refractivity contribution < 1.29 is 5.11 Å². The second kappa shape index (κ2) is 5.05. The minimum absolute atomic E-state index is 0.0306. The fourth-order valence-corrected chi connectivity index (χ4v) is 3.33. The normalized spacial score (nSPS) is 33.8. The van der Waals surface area contributed by atoms with Crippen molar-refractivity contribution in [2.24, 2.45) is 22.5 Å². The zero-order chi connectivity index (χ0) is 12.4. The summed E-state index contributed by atoms with van der Waals surface area (Å²) in [5, 5.41) is 10.6. The molecule has 2 heteroatoms. The van der Waals surface area contributed by atoms with Crippen LogP contribution in [-0.2, 0) is 0 Å². The molecule has 0 bridgehead atoms. The molecule has 2 nitrogen and oxygen atoms in total. The molecule has 0 aromatic heterocycles. The maximum absolute atomic E-state index is 10.6. The molecule has 0 radical (unpaired) electrons. The van der Waals surface area contributed by atoms with Crippen LogP contribution in [0.5, 0.6) is 0 Å². The Hall–Kier alpha value is -0.0800. The summed E-state index contributed by atoms with van der Waals surface area (Å²) in [7, 11) is 0. The van der Waals surface area contributed by atoms with Crippen molar-refractivity contribution in [3.63, 3.8) is 0 Å². The first kappa shape index (κ1) is 14.0. The summed E-state index contributed by atoms with van der Waals surface area (Å²) < 4.78 is 0. The maximum Gasteiger partial charge on any atom is 0.0656 e. The highest BCUT2D eigenvalue weighted by molar-refractivity contribution is 4.96. The lowest BCUT2D eigenvalue weighted by molar-refractivity contribution is -0.0752. The van der Waals surface area contributed by atoms with Crippen molar-refractivity contribution >= 4 is 0 Å².